The van der Waals surface area contributed by atoms with Gasteiger partial charge in [-0.25, -0.2) is 0 Å². The molecule has 0 aliphatic heterocycles. The fourth-order valence-electron chi connectivity index (χ4n) is 1.90. The number of hydrogen-bond acceptors (Lipinski definition) is 1. The number of rotatable bonds is 5. The lowest BCUT2D eigenvalue weighted by Gasteiger charge is -1.96. The quantitative estimate of drug-likeness (QED) is 0.558. The maximum atomic E-state index is 11.3. The van der Waals surface area contributed by atoms with E-state index in [4.69, 9.17) is 0 Å². The Morgan fingerprint density at radius 3 is 1.57 bits per heavy atom. The molecule has 0 radical (unpaired) electrons. The van der Waals surface area contributed by atoms with E-state index >= 15 is 0 Å². The number of allylic oxidation sites excluding steroid dienone is 4. The SMILES string of the molecule is CC(=O)C=C(C=Cc1ccccc1)C=Cc1ccccc1. The molecule has 0 heterocycles. The van der Waals surface area contributed by atoms with Crippen molar-refractivity contribution in [3.05, 3.63) is 95.6 Å². The topological polar surface area (TPSA) is 17.1 Å². The van der Waals surface area contributed by atoms with Gasteiger partial charge < -0.3 is 0 Å². The van der Waals surface area contributed by atoms with Crippen molar-refractivity contribution in [1.29, 1.82) is 0 Å². The van der Waals surface area contributed by atoms with Crippen LogP contribution in [-0.4, -0.2) is 5.78 Å². The highest BCUT2D eigenvalue weighted by Crippen LogP contribution is 2.09. The summed E-state index contributed by atoms with van der Waals surface area (Å²) >= 11 is 0. The molecule has 2 aromatic rings. The van der Waals surface area contributed by atoms with Gasteiger partial charge in [0.05, 0.1) is 0 Å². The molecule has 0 atom stereocenters. The van der Waals surface area contributed by atoms with E-state index in [1.54, 1.807) is 13.0 Å². The first-order chi connectivity index (χ1) is 10.2. The Labute approximate surface area is 126 Å². The average Bonchev–Trinajstić information content (AvgIpc) is 2.51. The van der Waals surface area contributed by atoms with E-state index in [9.17, 15) is 4.79 Å². The fourth-order valence-corrected chi connectivity index (χ4v) is 1.90. The van der Waals surface area contributed by atoms with Gasteiger partial charge in [-0.1, -0.05) is 85.0 Å². The predicted molar refractivity (Wildman–Crippen MR) is 89.7 cm³/mol. The summed E-state index contributed by atoms with van der Waals surface area (Å²) in [6.07, 6.45) is 9.56. The van der Waals surface area contributed by atoms with Gasteiger partial charge in [0.1, 0.15) is 0 Å². The van der Waals surface area contributed by atoms with E-state index < -0.39 is 0 Å². The van der Waals surface area contributed by atoms with Crippen LogP contribution in [0.4, 0.5) is 0 Å². The second-order valence-electron chi connectivity index (χ2n) is 4.74. The van der Waals surface area contributed by atoms with Crippen LogP contribution in [0.15, 0.2) is 84.5 Å². The molecule has 2 rings (SSSR count). The third-order valence-electron chi connectivity index (χ3n) is 2.91. The zero-order valence-electron chi connectivity index (χ0n) is 12.1. The van der Waals surface area contributed by atoms with Crippen molar-refractivity contribution >= 4 is 17.9 Å². The minimum absolute atomic E-state index is 0.0421. The smallest absolute Gasteiger partial charge is 0.153 e. The summed E-state index contributed by atoms with van der Waals surface area (Å²) in [5.74, 6) is 0.0421. The van der Waals surface area contributed by atoms with Crippen LogP contribution in [0.5, 0.6) is 0 Å². The molecule has 21 heavy (non-hydrogen) atoms. The molecule has 0 aliphatic carbocycles. The van der Waals surface area contributed by atoms with Crippen molar-refractivity contribution in [2.45, 2.75) is 6.92 Å². The van der Waals surface area contributed by atoms with Crippen molar-refractivity contribution in [1.82, 2.24) is 0 Å². The van der Waals surface area contributed by atoms with Crippen LogP contribution in [0.25, 0.3) is 12.2 Å². The van der Waals surface area contributed by atoms with E-state index in [-0.39, 0.29) is 5.78 Å². The van der Waals surface area contributed by atoms with Gasteiger partial charge in [0.2, 0.25) is 0 Å². The zero-order chi connectivity index (χ0) is 14.9. The third kappa shape index (κ3) is 5.45. The number of carbonyl (C=O) groups excluding carboxylic acids is 1. The van der Waals surface area contributed by atoms with Crippen LogP contribution in [0.1, 0.15) is 18.1 Å². The molecule has 0 aromatic heterocycles. The molecule has 0 N–H and O–H groups in total. The number of hydrogen-bond donors (Lipinski definition) is 0. The monoisotopic (exact) mass is 274 g/mol. The molecular formula is C20H18O. The molecule has 1 heteroatoms. The van der Waals surface area contributed by atoms with Crippen molar-refractivity contribution in [2.75, 3.05) is 0 Å². The highest BCUT2D eigenvalue weighted by molar-refractivity contribution is 5.89. The first kappa shape index (κ1) is 14.7. The van der Waals surface area contributed by atoms with Gasteiger partial charge in [-0.2, -0.15) is 0 Å². The second kappa shape index (κ2) is 7.81. The van der Waals surface area contributed by atoms with Crippen LogP contribution < -0.4 is 0 Å². The Morgan fingerprint density at radius 2 is 1.19 bits per heavy atom. The third-order valence-corrected chi connectivity index (χ3v) is 2.91. The van der Waals surface area contributed by atoms with Gasteiger partial charge >= 0.3 is 0 Å². The largest absolute Gasteiger partial charge is 0.295 e. The summed E-state index contributed by atoms with van der Waals surface area (Å²) in [5.41, 5.74) is 3.11. The lowest BCUT2D eigenvalue weighted by atomic mass is 10.1. The first-order valence-electron chi connectivity index (χ1n) is 6.92. The Kier molecular flexibility index (Phi) is 5.48. The number of carbonyl (C=O) groups is 1. The second-order valence-corrected chi connectivity index (χ2v) is 4.74. The van der Waals surface area contributed by atoms with Crippen LogP contribution in [0.3, 0.4) is 0 Å². The van der Waals surface area contributed by atoms with E-state index in [1.807, 2.05) is 85.0 Å². The molecule has 0 unspecified atom stereocenters. The van der Waals surface area contributed by atoms with E-state index in [2.05, 4.69) is 0 Å². The summed E-state index contributed by atoms with van der Waals surface area (Å²) in [7, 11) is 0. The molecule has 0 fully saturated rings. The summed E-state index contributed by atoms with van der Waals surface area (Å²) in [4.78, 5) is 11.3. The summed E-state index contributed by atoms with van der Waals surface area (Å²) in [6, 6.07) is 20.1. The molecule has 0 amide bonds. The highest BCUT2D eigenvalue weighted by atomic mass is 16.1. The standard InChI is InChI=1S/C20H18O/c1-17(21)16-20(14-12-18-8-4-2-5-9-18)15-13-19-10-6-3-7-11-19/h2-16H,1H3. The minimum atomic E-state index is 0.0421. The molecule has 2 aromatic carbocycles. The van der Waals surface area contributed by atoms with Crippen molar-refractivity contribution in [3.63, 3.8) is 0 Å². The lowest BCUT2D eigenvalue weighted by molar-refractivity contribution is -0.112. The Morgan fingerprint density at radius 1 is 0.762 bits per heavy atom. The van der Waals surface area contributed by atoms with Gasteiger partial charge in [-0.3, -0.25) is 4.79 Å². The molecule has 104 valence electrons. The Bertz CT molecular complexity index is 610. The minimum Gasteiger partial charge on any atom is -0.295 e. The van der Waals surface area contributed by atoms with Gasteiger partial charge in [0.25, 0.3) is 0 Å². The van der Waals surface area contributed by atoms with Crippen LogP contribution in [0, 0.1) is 0 Å². The van der Waals surface area contributed by atoms with E-state index in [0.29, 0.717) is 0 Å². The summed E-state index contributed by atoms with van der Waals surface area (Å²) in [5, 5.41) is 0. The van der Waals surface area contributed by atoms with Gasteiger partial charge in [0.15, 0.2) is 5.78 Å². The molecule has 0 aliphatic rings. The van der Waals surface area contributed by atoms with Gasteiger partial charge in [-0.05, 0) is 29.7 Å². The summed E-state index contributed by atoms with van der Waals surface area (Å²) in [6.45, 7) is 1.56. The first-order valence-corrected chi connectivity index (χ1v) is 6.92. The normalized spacial score (nSPS) is 10.9. The van der Waals surface area contributed by atoms with Gasteiger partial charge in [0, 0.05) is 0 Å². The summed E-state index contributed by atoms with van der Waals surface area (Å²) < 4.78 is 0. The highest BCUT2D eigenvalue weighted by Gasteiger charge is 1.92. The molecule has 1 nitrogen and oxygen atoms in total. The molecule has 0 bridgehead atoms. The molecule has 0 saturated carbocycles. The van der Waals surface area contributed by atoms with E-state index in [0.717, 1.165) is 16.7 Å². The zero-order valence-corrected chi connectivity index (χ0v) is 12.1. The van der Waals surface area contributed by atoms with Crippen molar-refractivity contribution in [2.24, 2.45) is 0 Å². The predicted octanol–water partition coefficient (Wildman–Crippen LogP) is 4.93. The Hall–Kier alpha value is -2.67. The number of ketones is 1. The maximum Gasteiger partial charge on any atom is 0.153 e. The number of benzene rings is 2. The van der Waals surface area contributed by atoms with Gasteiger partial charge in [-0.15, -0.1) is 0 Å². The fraction of sp³-hybridized carbons (Fsp3) is 0.0500. The maximum absolute atomic E-state index is 11.3. The average molecular weight is 274 g/mol. The molecule has 0 saturated heterocycles. The lowest BCUT2D eigenvalue weighted by Crippen LogP contribution is -1.84. The van der Waals surface area contributed by atoms with Crippen molar-refractivity contribution in [3.8, 4) is 0 Å². The Balaban J connectivity index is 2.18. The van der Waals surface area contributed by atoms with Crippen LogP contribution in [-0.2, 0) is 4.79 Å². The van der Waals surface area contributed by atoms with Crippen LogP contribution >= 0.6 is 0 Å². The van der Waals surface area contributed by atoms with E-state index in [1.165, 1.54) is 0 Å². The molecule has 0 spiro atoms. The van der Waals surface area contributed by atoms with Crippen LogP contribution in [0.2, 0.25) is 0 Å². The van der Waals surface area contributed by atoms with Crippen molar-refractivity contribution < 1.29 is 4.79 Å². The molecular weight excluding hydrogens is 256 g/mol.